The Kier molecular flexibility index (Phi) is 3.53. The number of aromatic nitrogens is 4. The fraction of sp³-hybridized carbons (Fsp3) is 0.312. The highest BCUT2D eigenvalue weighted by Crippen LogP contribution is 2.26. The van der Waals surface area contributed by atoms with Crippen molar-refractivity contribution >= 4 is 28.5 Å². The van der Waals surface area contributed by atoms with Crippen LogP contribution in [0.1, 0.15) is 25.7 Å². The number of halogens is 1. The van der Waals surface area contributed by atoms with Crippen LogP contribution in [0.15, 0.2) is 30.5 Å². The van der Waals surface area contributed by atoms with Gasteiger partial charge in [-0.25, -0.2) is 4.39 Å². The van der Waals surface area contributed by atoms with Gasteiger partial charge in [-0.05, 0) is 37.1 Å². The van der Waals surface area contributed by atoms with Crippen LogP contribution < -0.4 is 10.6 Å². The Hall–Kier alpha value is -2.70. The van der Waals surface area contributed by atoms with Gasteiger partial charge in [-0.3, -0.25) is 5.10 Å². The number of benzene rings is 1. The molecule has 0 saturated heterocycles. The van der Waals surface area contributed by atoms with E-state index < -0.39 is 0 Å². The van der Waals surface area contributed by atoms with Gasteiger partial charge in [-0.1, -0.05) is 12.8 Å². The van der Waals surface area contributed by atoms with Crippen LogP contribution >= 0.6 is 0 Å². The third-order valence-corrected chi connectivity index (χ3v) is 4.11. The molecule has 23 heavy (non-hydrogen) atoms. The van der Waals surface area contributed by atoms with E-state index in [0.29, 0.717) is 23.5 Å². The van der Waals surface area contributed by atoms with Crippen LogP contribution in [0.25, 0.3) is 11.0 Å². The first-order valence-corrected chi connectivity index (χ1v) is 7.78. The summed E-state index contributed by atoms with van der Waals surface area (Å²) >= 11 is 0. The topological polar surface area (TPSA) is 78.5 Å². The standard InChI is InChI=1S/C16H17FN6/c17-10-5-7-12(8-6-10)19-14-13-9-18-23-15(13)22-16(21-14)20-11-3-1-2-4-11/h5-9,11H,1-4H2,(H3,18,19,20,21,22,23). The molecule has 2 aromatic heterocycles. The molecule has 0 spiro atoms. The van der Waals surface area contributed by atoms with Crippen molar-refractivity contribution in [3.05, 3.63) is 36.3 Å². The average molecular weight is 312 g/mol. The minimum atomic E-state index is -0.268. The second-order valence-electron chi connectivity index (χ2n) is 5.79. The van der Waals surface area contributed by atoms with Crippen LogP contribution in [0.2, 0.25) is 0 Å². The number of fused-ring (bicyclic) bond motifs is 1. The normalized spacial score (nSPS) is 15.2. The molecule has 1 aliphatic carbocycles. The minimum Gasteiger partial charge on any atom is -0.351 e. The van der Waals surface area contributed by atoms with Crippen molar-refractivity contribution in [2.24, 2.45) is 0 Å². The van der Waals surface area contributed by atoms with Crippen LogP contribution in [0.3, 0.4) is 0 Å². The lowest BCUT2D eigenvalue weighted by Crippen LogP contribution is -2.17. The predicted molar refractivity (Wildman–Crippen MR) is 87.2 cm³/mol. The number of rotatable bonds is 4. The number of hydrogen-bond acceptors (Lipinski definition) is 5. The zero-order valence-electron chi connectivity index (χ0n) is 12.5. The first-order valence-electron chi connectivity index (χ1n) is 7.78. The van der Waals surface area contributed by atoms with Crippen molar-refractivity contribution in [2.75, 3.05) is 10.6 Å². The summed E-state index contributed by atoms with van der Waals surface area (Å²) in [5, 5.41) is 14.3. The molecule has 0 bridgehead atoms. The molecule has 0 atom stereocenters. The van der Waals surface area contributed by atoms with E-state index in [9.17, 15) is 4.39 Å². The van der Waals surface area contributed by atoms with Crippen LogP contribution in [-0.4, -0.2) is 26.2 Å². The van der Waals surface area contributed by atoms with E-state index in [1.54, 1.807) is 18.3 Å². The highest BCUT2D eigenvalue weighted by Gasteiger charge is 2.17. The lowest BCUT2D eigenvalue weighted by Gasteiger charge is -2.13. The molecule has 1 fully saturated rings. The fourth-order valence-electron chi connectivity index (χ4n) is 2.92. The van der Waals surface area contributed by atoms with E-state index >= 15 is 0 Å². The van der Waals surface area contributed by atoms with Crippen molar-refractivity contribution in [1.29, 1.82) is 0 Å². The largest absolute Gasteiger partial charge is 0.351 e. The Labute approximate surface area is 132 Å². The Balaban J connectivity index is 1.66. The van der Waals surface area contributed by atoms with Crippen molar-refractivity contribution in [3.8, 4) is 0 Å². The number of nitrogens with zero attached hydrogens (tertiary/aromatic N) is 3. The molecule has 0 aliphatic heterocycles. The number of nitrogens with one attached hydrogen (secondary N) is 3. The van der Waals surface area contributed by atoms with Gasteiger partial charge in [-0.15, -0.1) is 0 Å². The molecule has 4 rings (SSSR count). The Morgan fingerprint density at radius 2 is 1.87 bits per heavy atom. The smallest absolute Gasteiger partial charge is 0.226 e. The summed E-state index contributed by atoms with van der Waals surface area (Å²) in [5.74, 6) is 0.962. The quantitative estimate of drug-likeness (QED) is 0.686. The van der Waals surface area contributed by atoms with E-state index in [-0.39, 0.29) is 5.82 Å². The summed E-state index contributed by atoms with van der Waals surface area (Å²) in [6.07, 6.45) is 6.45. The summed E-state index contributed by atoms with van der Waals surface area (Å²) in [6.45, 7) is 0. The predicted octanol–water partition coefficient (Wildman–Crippen LogP) is 3.59. The molecule has 118 valence electrons. The monoisotopic (exact) mass is 312 g/mol. The fourth-order valence-corrected chi connectivity index (χ4v) is 2.92. The van der Waals surface area contributed by atoms with Gasteiger partial charge < -0.3 is 10.6 Å². The van der Waals surface area contributed by atoms with Gasteiger partial charge in [-0.2, -0.15) is 15.1 Å². The van der Waals surface area contributed by atoms with Gasteiger partial charge in [0.15, 0.2) is 5.65 Å². The van der Waals surface area contributed by atoms with Gasteiger partial charge in [0.1, 0.15) is 11.6 Å². The average Bonchev–Trinajstić information content (AvgIpc) is 3.21. The summed E-state index contributed by atoms with van der Waals surface area (Å²) < 4.78 is 13.0. The molecule has 0 radical (unpaired) electrons. The lowest BCUT2D eigenvalue weighted by atomic mass is 10.2. The zero-order chi connectivity index (χ0) is 15.6. The molecular weight excluding hydrogens is 295 g/mol. The highest BCUT2D eigenvalue weighted by molar-refractivity contribution is 5.89. The molecule has 3 aromatic rings. The molecule has 0 amide bonds. The number of aromatic amines is 1. The zero-order valence-corrected chi connectivity index (χ0v) is 12.5. The number of anilines is 3. The van der Waals surface area contributed by atoms with Crippen LogP contribution in [0.5, 0.6) is 0 Å². The molecule has 1 aliphatic rings. The van der Waals surface area contributed by atoms with Crippen molar-refractivity contribution in [3.63, 3.8) is 0 Å². The van der Waals surface area contributed by atoms with E-state index in [4.69, 9.17) is 0 Å². The molecular formula is C16H17FN6. The molecule has 3 N–H and O–H groups in total. The Bertz CT molecular complexity index is 807. The van der Waals surface area contributed by atoms with E-state index in [1.807, 2.05) is 0 Å². The molecule has 1 aromatic carbocycles. The van der Waals surface area contributed by atoms with Crippen molar-refractivity contribution in [1.82, 2.24) is 20.2 Å². The Morgan fingerprint density at radius 3 is 2.65 bits per heavy atom. The molecule has 2 heterocycles. The van der Waals surface area contributed by atoms with Crippen molar-refractivity contribution < 1.29 is 4.39 Å². The Morgan fingerprint density at radius 1 is 1.09 bits per heavy atom. The van der Waals surface area contributed by atoms with Gasteiger partial charge in [0.05, 0.1) is 11.6 Å². The summed E-state index contributed by atoms with van der Waals surface area (Å²) in [5.41, 5.74) is 1.43. The maximum atomic E-state index is 13.0. The lowest BCUT2D eigenvalue weighted by molar-refractivity contribution is 0.628. The second-order valence-corrected chi connectivity index (χ2v) is 5.79. The molecule has 1 saturated carbocycles. The van der Waals surface area contributed by atoms with Crippen molar-refractivity contribution in [2.45, 2.75) is 31.7 Å². The van der Waals surface area contributed by atoms with Gasteiger partial charge in [0.2, 0.25) is 5.95 Å². The van der Waals surface area contributed by atoms with E-state index in [0.717, 1.165) is 23.9 Å². The van der Waals surface area contributed by atoms with Crippen LogP contribution in [0, 0.1) is 5.82 Å². The van der Waals surface area contributed by atoms with E-state index in [1.165, 1.54) is 25.0 Å². The first kappa shape index (κ1) is 13.9. The van der Waals surface area contributed by atoms with Gasteiger partial charge in [0.25, 0.3) is 0 Å². The number of hydrogen-bond donors (Lipinski definition) is 3. The minimum absolute atomic E-state index is 0.268. The maximum Gasteiger partial charge on any atom is 0.226 e. The molecule has 7 heteroatoms. The van der Waals surface area contributed by atoms with E-state index in [2.05, 4.69) is 30.8 Å². The second kappa shape index (κ2) is 5.83. The molecule has 0 unspecified atom stereocenters. The highest BCUT2D eigenvalue weighted by atomic mass is 19.1. The summed E-state index contributed by atoms with van der Waals surface area (Å²) in [7, 11) is 0. The van der Waals surface area contributed by atoms with Gasteiger partial charge in [0, 0.05) is 11.7 Å². The third kappa shape index (κ3) is 2.94. The number of H-pyrrole nitrogens is 1. The SMILES string of the molecule is Fc1ccc(Nc2nc(NC3CCCC3)nc3[nH]ncc23)cc1. The maximum absolute atomic E-state index is 13.0. The van der Waals surface area contributed by atoms with Crippen LogP contribution in [-0.2, 0) is 0 Å². The summed E-state index contributed by atoms with van der Waals surface area (Å²) in [4.78, 5) is 9.04. The van der Waals surface area contributed by atoms with Gasteiger partial charge >= 0.3 is 0 Å². The first-order chi connectivity index (χ1) is 11.3. The molecule has 6 nitrogen and oxygen atoms in total. The third-order valence-electron chi connectivity index (χ3n) is 4.11. The summed E-state index contributed by atoms with van der Waals surface area (Å²) in [6, 6.07) is 6.59. The van der Waals surface area contributed by atoms with Crippen LogP contribution in [0.4, 0.5) is 21.8 Å².